The van der Waals surface area contributed by atoms with Gasteiger partial charge in [-0.2, -0.15) is 18.2 Å². The second kappa shape index (κ2) is 13.4. The molecule has 3 fully saturated rings. The number of aromatic nitrogens is 5. The van der Waals surface area contributed by atoms with Gasteiger partial charge in [0.1, 0.15) is 22.8 Å². The Kier molecular flexibility index (Phi) is 9.25. The molecule has 0 unspecified atom stereocenters. The highest BCUT2D eigenvalue weighted by atomic mass is 19.4. The molecule has 6 rings (SSSR count). The Hall–Kier alpha value is -4.41. The van der Waals surface area contributed by atoms with E-state index in [-0.39, 0.29) is 35.7 Å². The fraction of sp³-hybridized carbons (Fsp3) is 0.533. The molecule has 3 aromatic heterocycles. The zero-order valence-corrected chi connectivity index (χ0v) is 25.5. The molecule has 1 saturated carbocycles. The first-order chi connectivity index (χ1) is 22.5. The molecule has 0 radical (unpaired) electrons. The number of hydrogen-bond donors (Lipinski definition) is 2. The van der Waals surface area contributed by atoms with Crippen LogP contribution < -0.4 is 25.2 Å². The lowest BCUT2D eigenvalue weighted by Crippen LogP contribution is -2.62. The minimum absolute atomic E-state index is 0.0797. The number of hydrogen-bond acceptors (Lipinski definition) is 10. The molecule has 252 valence electrons. The zero-order chi connectivity index (χ0) is 33.2. The van der Waals surface area contributed by atoms with E-state index in [0.717, 1.165) is 19.0 Å². The van der Waals surface area contributed by atoms with Gasteiger partial charge in [0, 0.05) is 54.6 Å². The van der Waals surface area contributed by atoms with Crippen LogP contribution in [0.3, 0.4) is 0 Å². The van der Waals surface area contributed by atoms with Gasteiger partial charge in [-0.05, 0) is 50.7 Å². The Labute approximate surface area is 267 Å². The number of anilines is 3. The van der Waals surface area contributed by atoms with Crippen LogP contribution in [-0.2, 0) is 10.9 Å². The summed E-state index contributed by atoms with van der Waals surface area (Å²) in [5.41, 5.74) is 0.0340. The van der Waals surface area contributed by atoms with Crippen molar-refractivity contribution in [3.8, 4) is 17.1 Å². The van der Waals surface area contributed by atoms with Gasteiger partial charge in [0.15, 0.2) is 0 Å². The molecule has 0 bridgehead atoms. The van der Waals surface area contributed by atoms with Gasteiger partial charge in [-0.3, -0.25) is 4.90 Å². The molecule has 3 aromatic rings. The Morgan fingerprint density at radius 1 is 1.06 bits per heavy atom. The van der Waals surface area contributed by atoms with Crippen molar-refractivity contribution in [2.75, 3.05) is 48.5 Å². The van der Waals surface area contributed by atoms with E-state index < -0.39 is 36.3 Å². The van der Waals surface area contributed by atoms with Crippen LogP contribution in [0.15, 0.2) is 36.9 Å². The number of amides is 2. The summed E-state index contributed by atoms with van der Waals surface area (Å²) in [6, 6.07) is 2.30. The SMILES string of the molecule is COc1ncc(-c2ccc(N(C(=O)NCC(F)F)C3CCC(Nc4ncc(C(F)(F)F)c(N5CC6(CCCO6)C5)n4)CC3)nc2)cn1. The van der Waals surface area contributed by atoms with Crippen molar-refractivity contribution in [2.45, 2.75) is 68.8 Å². The summed E-state index contributed by atoms with van der Waals surface area (Å²) in [5, 5.41) is 5.44. The van der Waals surface area contributed by atoms with Gasteiger partial charge in [-0.1, -0.05) is 0 Å². The maximum atomic E-state index is 13.8. The third-order valence-electron chi connectivity index (χ3n) is 8.68. The standard InChI is InChI=1S/C30H34F5N9O3/c1-46-27-38-12-19(13-39-27)18-3-8-24(36-11-18)44(28(45)40-15-23(31)32)21-6-4-20(5-7-21)41-26-37-14-22(30(33,34)35)25(42-26)43-16-29(17-43)9-2-10-47-29/h3,8,11-14,20-21,23H,2,4-7,9-10,15-17H2,1H3,(H,40,45)(H,37,41,42). The fourth-order valence-corrected chi connectivity index (χ4v) is 6.32. The molecule has 47 heavy (non-hydrogen) atoms. The van der Waals surface area contributed by atoms with E-state index in [0.29, 0.717) is 56.5 Å². The molecule has 5 heterocycles. The predicted molar refractivity (Wildman–Crippen MR) is 161 cm³/mol. The van der Waals surface area contributed by atoms with Crippen molar-refractivity contribution >= 4 is 23.6 Å². The number of ether oxygens (including phenoxy) is 2. The molecule has 2 amide bonds. The summed E-state index contributed by atoms with van der Waals surface area (Å²) in [6.45, 7) is 0.463. The lowest BCUT2D eigenvalue weighted by Gasteiger charge is -2.48. The summed E-state index contributed by atoms with van der Waals surface area (Å²) in [7, 11) is 1.45. The number of rotatable bonds is 9. The lowest BCUT2D eigenvalue weighted by atomic mass is 9.90. The van der Waals surface area contributed by atoms with Gasteiger partial charge < -0.3 is 25.0 Å². The van der Waals surface area contributed by atoms with Crippen LogP contribution in [0.4, 0.5) is 44.3 Å². The summed E-state index contributed by atoms with van der Waals surface area (Å²) < 4.78 is 78.2. The quantitative estimate of drug-likeness (QED) is 0.304. The van der Waals surface area contributed by atoms with Crippen LogP contribution in [0.2, 0.25) is 0 Å². The molecule has 1 aliphatic carbocycles. The molecule has 0 aromatic carbocycles. The summed E-state index contributed by atoms with van der Waals surface area (Å²) in [4.78, 5) is 37.0. The minimum Gasteiger partial charge on any atom is -0.467 e. The minimum atomic E-state index is -4.62. The highest BCUT2D eigenvalue weighted by Crippen LogP contribution is 2.42. The highest BCUT2D eigenvalue weighted by molar-refractivity contribution is 5.91. The number of urea groups is 1. The van der Waals surface area contributed by atoms with Crippen LogP contribution in [-0.4, -0.2) is 88.4 Å². The molecule has 0 atom stereocenters. The van der Waals surface area contributed by atoms with E-state index in [1.807, 2.05) is 0 Å². The second-order valence-electron chi connectivity index (χ2n) is 11.9. The molecular formula is C30H34F5N9O3. The van der Waals surface area contributed by atoms with E-state index in [1.165, 1.54) is 12.0 Å². The largest absolute Gasteiger partial charge is 0.467 e. The average Bonchev–Trinajstić information content (AvgIpc) is 3.55. The van der Waals surface area contributed by atoms with Crippen LogP contribution >= 0.6 is 0 Å². The first kappa shape index (κ1) is 32.5. The topological polar surface area (TPSA) is 131 Å². The van der Waals surface area contributed by atoms with E-state index in [4.69, 9.17) is 9.47 Å². The first-order valence-electron chi connectivity index (χ1n) is 15.3. The zero-order valence-electron chi connectivity index (χ0n) is 25.5. The maximum absolute atomic E-state index is 13.8. The number of pyridine rings is 1. The number of carbonyl (C=O) groups is 1. The normalized spacial score (nSPS) is 20.6. The second-order valence-corrected chi connectivity index (χ2v) is 11.9. The van der Waals surface area contributed by atoms with Crippen molar-refractivity contribution in [3.63, 3.8) is 0 Å². The van der Waals surface area contributed by atoms with Crippen LogP contribution in [0.5, 0.6) is 6.01 Å². The third-order valence-corrected chi connectivity index (χ3v) is 8.68. The smallest absolute Gasteiger partial charge is 0.421 e. The van der Waals surface area contributed by atoms with Crippen molar-refractivity contribution in [1.82, 2.24) is 30.2 Å². The summed E-state index contributed by atoms with van der Waals surface area (Å²) in [5.74, 6) is 0.180. The van der Waals surface area contributed by atoms with Crippen molar-refractivity contribution in [1.29, 1.82) is 0 Å². The molecule has 2 aliphatic heterocycles. The van der Waals surface area contributed by atoms with E-state index >= 15 is 0 Å². The first-order valence-corrected chi connectivity index (χ1v) is 15.3. The summed E-state index contributed by atoms with van der Waals surface area (Å²) >= 11 is 0. The number of alkyl halides is 5. The van der Waals surface area contributed by atoms with Gasteiger partial charge in [-0.25, -0.2) is 33.5 Å². The van der Waals surface area contributed by atoms with Gasteiger partial charge in [0.05, 0.1) is 26.7 Å². The lowest BCUT2D eigenvalue weighted by molar-refractivity contribution is -0.137. The van der Waals surface area contributed by atoms with Gasteiger partial charge >= 0.3 is 18.2 Å². The molecule has 1 spiro atoms. The summed E-state index contributed by atoms with van der Waals surface area (Å²) in [6.07, 6.45) is 1.79. The molecule has 2 saturated heterocycles. The van der Waals surface area contributed by atoms with E-state index in [1.54, 1.807) is 35.6 Å². The molecular weight excluding hydrogens is 629 g/mol. The molecule has 3 aliphatic rings. The Morgan fingerprint density at radius 3 is 2.38 bits per heavy atom. The molecule has 17 heteroatoms. The predicted octanol–water partition coefficient (Wildman–Crippen LogP) is 4.93. The number of nitrogens with one attached hydrogen (secondary N) is 2. The van der Waals surface area contributed by atoms with Crippen molar-refractivity contribution in [3.05, 3.63) is 42.5 Å². The number of carbonyl (C=O) groups excluding carboxylic acids is 1. The maximum Gasteiger partial charge on any atom is 0.421 e. The van der Waals surface area contributed by atoms with Gasteiger partial charge in [-0.15, -0.1) is 0 Å². The Morgan fingerprint density at radius 2 is 1.79 bits per heavy atom. The van der Waals surface area contributed by atoms with E-state index in [9.17, 15) is 26.7 Å². The average molecular weight is 664 g/mol. The molecule has 12 nitrogen and oxygen atoms in total. The number of halogens is 5. The van der Waals surface area contributed by atoms with Crippen LogP contribution in [0, 0.1) is 0 Å². The van der Waals surface area contributed by atoms with Crippen LogP contribution in [0.25, 0.3) is 11.1 Å². The van der Waals surface area contributed by atoms with E-state index in [2.05, 4.69) is 35.6 Å². The highest BCUT2D eigenvalue weighted by Gasteiger charge is 2.49. The number of methoxy groups -OCH3 is 1. The Balaban J connectivity index is 1.14. The van der Waals surface area contributed by atoms with Gasteiger partial charge in [0.25, 0.3) is 6.43 Å². The third kappa shape index (κ3) is 7.29. The molecule has 2 N–H and O–H groups in total. The van der Waals surface area contributed by atoms with Gasteiger partial charge in [0.2, 0.25) is 5.95 Å². The fourth-order valence-electron chi connectivity index (χ4n) is 6.32. The monoisotopic (exact) mass is 663 g/mol. The number of nitrogens with zero attached hydrogens (tertiary/aromatic N) is 7. The van der Waals surface area contributed by atoms with Crippen molar-refractivity contribution in [2.24, 2.45) is 0 Å². The van der Waals surface area contributed by atoms with Crippen molar-refractivity contribution < 1.29 is 36.2 Å². The van der Waals surface area contributed by atoms with Crippen LogP contribution in [0.1, 0.15) is 44.1 Å². The Bertz CT molecular complexity index is 1520.